The van der Waals surface area contributed by atoms with E-state index in [0.29, 0.717) is 12.1 Å². The van der Waals surface area contributed by atoms with Gasteiger partial charge in [0.2, 0.25) is 10.0 Å². The van der Waals surface area contributed by atoms with Crippen LogP contribution in [0.3, 0.4) is 0 Å². The molecular formula is C11H17NO3S. The second-order valence-electron chi connectivity index (χ2n) is 3.67. The first-order chi connectivity index (χ1) is 7.53. The summed E-state index contributed by atoms with van der Waals surface area (Å²) in [5, 5.41) is 9.05. The number of rotatable bonds is 6. The number of nitrogens with one attached hydrogen (secondary N) is 1. The lowest BCUT2D eigenvalue weighted by molar-refractivity contribution is 0.475. The molecule has 0 amide bonds. The summed E-state index contributed by atoms with van der Waals surface area (Å²) in [6, 6.07) is 5.97. The van der Waals surface area contributed by atoms with Gasteiger partial charge in [0, 0.05) is 5.69 Å². The Hall–Kier alpha value is -1.23. The van der Waals surface area contributed by atoms with Crippen LogP contribution in [0.25, 0.3) is 0 Å². The summed E-state index contributed by atoms with van der Waals surface area (Å²) in [5.74, 6) is 0.260. The molecule has 0 bridgehead atoms. The van der Waals surface area contributed by atoms with Crippen LogP contribution in [0.4, 0.5) is 5.69 Å². The van der Waals surface area contributed by atoms with Crippen molar-refractivity contribution in [1.82, 2.24) is 0 Å². The van der Waals surface area contributed by atoms with E-state index in [9.17, 15) is 8.42 Å². The molecule has 2 N–H and O–H groups in total. The molecule has 0 unspecified atom stereocenters. The van der Waals surface area contributed by atoms with Gasteiger partial charge in [0.1, 0.15) is 5.75 Å². The number of aromatic hydroxyl groups is 1. The normalized spacial score (nSPS) is 11.3. The van der Waals surface area contributed by atoms with E-state index < -0.39 is 10.0 Å². The van der Waals surface area contributed by atoms with Crippen molar-refractivity contribution in [3.05, 3.63) is 24.3 Å². The van der Waals surface area contributed by atoms with E-state index in [2.05, 4.69) is 4.72 Å². The number of phenols is 1. The summed E-state index contributed by atoms with van der Waals surface area (Å²) >= 11 is 0. The van der Waals surface area contributed by atoms with E-state index in [-0.39, 0.29) is 11.5 Å². The molecule has 0 saturated carbocycles. The van der Waals surface area contributed by atoms with Crippen LogP contribution < -0.4 is 4.72 Å². The van der Waals surface area contributed by atoms with Crippen molar-refractivity contribution in [2.75, 3.05) is 10.5 Å². The predicted octanol–water partition coefficient (Wildman–Crippen LogP) is 2.32. The van der Waals surface area contributed by atoms with Gasteiger partial charge in [0.25, 0.3) is 0 Å². The average molecular weight is 243 g/mol. The Bertz CT molecular complexity index is 411. The van der Waals surface area contributed by atoms with Gasteiger partial charge in [-0.1, -0.05) is 19.8 Å². The molecule has 90 valence electrons. The second kappa shape index (κ2) is 5.75. The maximum absolute atomic E-state index is 11.6. The smallest absolute Gasteiger partial charge is 0.232 e. The molecular weight excluding hydrogens is 226 g/mol. The van der Waals surface area contributed by atoms with Crippen molar-refractivity contribution >= 4 is 15.7 Å². The Morgan fingerprint density at radius 3 is 2.38 bits per heavy atom. The van der Waals surface area contributed by atoms with Crippen molar-refractivity contribution in [2.24, 2.45) is 0 Å². The minimum absolute atomic E-state index is 0.119. The largest absolute Gasteiger partial charge is 0.508 e. The minimum Gasteiger partial charge on any atom is -0.508 e. The number of benzene rings is 1. The Labute approximate surface area is 96.4 Å². The monoisotopic (exact) mass is 243 g/mol. The van der Waals surface area contributed by atoms with Gasteiger partial charge in [-0.25, -0.2) is 8.42 Å². The molecule has 1 aromatic carbocycles. The molecule has 0 aliphatic carbocycles. The van der Waals surface area contributed by atoms with Crippen molar-refractivity contribution in [3.63, 3.8) is 0 Å². The topological polar surface area (TPSA) is 66.4 Å². The molecule has 0 atom stereocenters. The Morgan fingerprint density at radius 1 is 1.19 bits per heavy atom. The van der Waals surface area contributed by atoms with Gasteiger partial charge >= 0.3 is 0 Å². The lowest BCUT2D eigenvalue weighted by atomic mass is 10.3. The van der Waals surface area contributed by atoms with Gasteiger partial charge in [-0.2, -0.15) is 0 Å². The maximum Gasteiger partial charge on any atom is 0.232 e. The highest BCUT2D eigenvalue weighted by molar-refractivity contribution is 7.92. The molecule has 0 aromatic heterocycles. The summed E-state index contributed by atoms with van der Waals surface area (Å²) in [4.78, 5) is 0. The Kier molecular flexibility index (Phi) is 4.61. The molecule has 0 aliphatic rings. The number of hydrogen-bond donors (Lipinski definition) is 2. The summed E-state index contributed by atoms with van der Waals surface area (Å²) in [7, 11) is -3.25. The number of unbranched alkanes of at least 4 members (excludes halogenated alkanes) is 2. The molecule has 1 rings (SSSR count). The molecule has 4 nitrogen and oxygen atoms in total. The fraction of sp³-hybridized carbons (Fsp3) is 0.455. The molecule has 0 aliphatic heterocycles. The van der Waals surface area contributed by atoms with Crippen LogP contribution in [0, 0.1) is 0 Å². The zero-order chi connectivity index (χ0) is 12.0. The van der Waals surface area contributed by atoms with Crippen molar-refractivity contribution in [1.29, 1.82) is 0 Å². The summed E-state index contributed by atoms with van der Waals surface area (Å²) in [6.07, 6.45) is 2.58. The number of hydrogen-bond acceptors (Lipinski definition) is 3. The van der Waals surface area contributed by atoms with E-state index in [1.165, 1.54) is 24.3 Å². The van der Waals surface area contributed by atoms with Gasteiger partial charge in [-0.05, 0) is 30.7 Å². The van der Waals surface area contributed by atoms with Crippen LogP contribution >= 0.6 is 0 Å². The zero-order valence-electron chi connectivity index (χ0n) is 9.31. The molecule has 5 heteroatoms. The van der Waals surface area contributed by atoms with Crippen LogP contribution in [0.5, 0.6) is 5.75 Å². The molecule has 0 heterocycles. The first kappa shape index (κ1) is 12.8. The first-order valence-electron chi connectivity index (χ1n) is 5.33. The van der Waals surface area contributed by atoms with Crippen LogP contribution in [-0.2, 0) is 10.0 Å². The van der Waals surface area contributed by atoms with Crippen molar-refractivity contribution in [2.45, 2.75) is 26.2 Å². The summed E-state index contributed by atoms with van der Waals surface area (Å²) in [6.45, 7) is 2.03. The predicted molar refractivity (Wildman–Crippen MR) is 65.0 cm³/mol. The molecule has 1 aromatic rings. The fourth-order valence-electron chi connectivity index (χ4n) is 1.30. The summed E-state index contributed by atoms with van der Waals surface area (Å²) in [5.41, 5.74) is 0.481. The average Bonchev–Trinajstić information content (AvgIpc) is 2.21. The maximum atomic E-state index is 11.6. The highest BCUT2D eigenvalue weighted by atomic mass is 32.2. The van der Waals surface area contributed by atoms with Gasteiger partial charge in [-0.15, -0.1) is 0 Å². The van der Waals surface area contributed by atoms with Gasteiger partial charge in [-0.3, -0.25) is 4.72 Å². The van der Waals surface area contributed by atoms with E-state index >= 15 is 0 Å². The van der Waals surface area contributed by atoms with Gasteiger partial charge in [0.05, 0.1) is 5.75 Å². The lowest BCUT2D eigenvalue weighted by Gasteiger charge is -2.07. The van der Waals surface area contributed by atoms with E-state index in [4.69, 9.17) is 5.11 Å². The third-order valence-corrected chi connectivity index (χ3v) is 3.53. The van der Waals surface area contributed by atoms with E-state index in [1.54, 1.807) is 0 Å². The van der Waals surface area contributed by atoms with Crippen LogP contribution in [-0.4, -0.2) is 19.3 Å². The number of sulfonamides is 1. The first-order valence-corrected chi connectivity index (χ1v) is 6.98. The van der Waals surface area contributed by atoms with E-state index in [0.717, 1.165) is 12.8 Å². The van der Waals surface area contributed by atoms with Crippen molar-refractivity contribution in [3.8, 4) is 5.75 Å². The van der Waals surface area contributed by atoms with Crippen molar-refractivity contribution < 1.29 is 13.5 Å². The third-order valence-electron chi connectivity index (χ3n) is 2.16. The fourth-order valence-corrected chi connectivity index (χ4v) is 2.48. The quantitative estimate of drug-likeness (QED) is 0.595. The minimum atomic E-state index is -3.25. The molecule has 0 fully saturated rings. The Balaban J connectivity index is 2.55. The molecule has 0 saturated heterocycles. The second-order valence-corrected chi connectivity index (χ2v) is 5.52. The summed E-state index contributed by atoms with van der Waals surface area (Å²) < 4.78 is 25.6. The lowest BCUT2D eigenvalue weighted by Crippen LogP contribution is -2.16. The standard InChI is InChI=1S/C11H17NO3S/c1-2-3-4-9-16(14,15)12-10-5-7-11(13)8-6-10/h5-8,12-13H,2-4,9H2,1H3. The SMILES string of the molecule is CCCCCS(=O)(=O)Nc1ccc(O)cc1. The highest BCUT2D eigenvalue weighted by Gasteiger charge is 2.09. The number of anilines is 1. The Morgan fingerprint density at radius 2 is 1.81 bits per heavy atom. The molecule has 16 heavy (non-hydrogen) atoms. The highest BCUT2D eigenvalue weighted by Crippen LogP contribution is 2.15. The van der Waals surface area contributed by atoms with E-state index in [1.807, 2.05) is 6.92 Å². The van der Waals surface area contributed by atoms with Crippen LogP contribution in [0.15, 0.2) is 24.3 Å². The third kappa shape index (κ3) is 4.53. The van der Waals surface area contributed by atoms with Gasteiger partial charge in [0.15, 0.2) is 0 Å². The number of phenolic OH excluding ortho intramolecular Hbond substituents is 1. The molecule has 0 radical (unpaired) electrons. The van der Waals surface area contributed by atoms with Crippen LogP contribution in [0.1, 0.15) is 26.2 Å². The van der Waals surface area contributed by atoms with Crippen LogP contribution in [0.2, 0.25) is 0 Å². The van der Waals surface area contributed by atoms with Gasteiger partial charge < -0.3 is 5.11 Å². The zero-order valence-corrected chi connectivity index (χ0v) is 10.1. The molecule has 0 spiro atoms.